The van der Waals surface area contributed by atoms with Crippen LogP contribution in [0.4, 0.5) is 0 Å². The largest absolute Gasteiger partial charge is 0.467 e. The molecule has 0 aliphatic heterocycles. The number of methoxy groups -OCH3 is 1. The number of carbonyl (C=O) groups excluding carboxylic acids is 3. The van der Waals surface area contributed by atoms with E-state index in [1.807, 2.05) is 32.0 Å². The molecular weight excluding hydrogens is 306 g/mol. The average Bonchev–Trinajstić information content (AvgIpc) is 2.57. The first-order valence-corrected chi connectivity index (χ1v) is 8.16. The van der Waals surface area contributed by atoms with E-state index in [1.54, 1.807) is 26.0 Å². The summed E-state index contributed by atoms with van der Waals surface area (Å²) in [4.78, 5) is 36.5. The first-order valence-electron chi connectivity index (χ1n) is 8.16. The van der Waals surface area contributed by atoms with E-state index >= 15 is 0 Å². The molecule has 132 valence electrons. The molecule has 0 fully saturated rings. The monoisotopic (exact) mass is 333 g/mol. The zero-order valence-electron chi connectivity index (χ0n) is 15.1. The van der Waals surface area contributed by atoms with E-state index in [2.05, 4.69) is 5.32 Å². The summed E-state index contributed by atoms with van der Waals surface area (Å²) in [5, 5.41) is 2.75. The molecule has 1 rings (SSSR count). The van der Waals surface area contributed by atoms with Gasteiger partial charge in [0.2, 0.25) is 5.91 Å². The highest BCUT2D eigenvalue weighted by atomic mass is 16.5. The van der Waals surface area contributed by atoms with Crippen LogP contribution in [-0.4, -0.2) is 30.8 Å². The molecule has 1 N–H and O–H groups in total. The lowest BCUT2D eigenvalue weighted by Gasteiger charge is -2.27. The molecule has 1 aromatic carbocycles. The summed E-state index contributed by atoms with van der Waals surface area (Å²) in [6, 6.07) is 8.32. The second kappa shape index (κ2) is 8.62. The predicted molar refractivity (Wildman–Crippen MR) is 92.6 cm³/mol. The zero-order chi connectivity index (χ0) is 18.3. The SMILES string of the molecule is COC(=O)C(NC(=O)C(C)(C)CCC(=O)c1ccccc1)C(C)C. The van der Waals surface area contributed by atoms with Gasteiger partial charge in [-0.05, 0) is 12.3 Å². The first kappa shape index (κ1) is 19.9. The van der Waals surface area contributed by atoms with E-state index in [-0.39, 0.29) is 24.0 Å². The Morgan fingerprint density at radius 2 is 1.71 bits per heavy atom. The van der Waals surface area contributed by atoms with Gasteiger partial charge in [-0.2, -0.15) is 0 Å². The van der Waals surface area contributed by atoms with Crippen LogP contribution in [0, 0.1) is 11.3 Å². The Labute approximate surface area is 143 Å². The summed E-state index contributed by atoms with van der Waals surface area (Å²) < 4.78 is 4.74. The molecule has 0 aliphatic carbocycles. The molecule has 1 aromatic rings. The molecule has 0 spiro atoms. The van der Waals surface area contributed by atoms with Gasteiger partial charge >= 0.3 is 5.97 Å². The molecule has 0 aliphatic rings. The number of hydrogen-bond donors (Lipinski definition) is 1. The van der Waals surface area contributed by atoms with Crippen LogP contribution in [0.25, 0.3) is 0 Å². The maximum Gasteiger partial charge on any atom is 0.328 e. The third-order valence-electron chi connectivity index (χ3n) is 4.10. The molecule has 0 saturated heterocycles. The standard InChI is InChI=1S/C19H27NO4/c1-13(2)16(17(22)24-5)20-18(23)19(3,4)12-11-15(21)14-9-7-6-8-10-14/h6-10,13,16H,11-12H2,1-5H3,(H,20,23). The van der Waals surface area contributed by atoms with Gasteiger partial charge in [-0.25, -0.2) is 4.79 Å². The van der Waals surface area contributed by atoms with Crippen molar-refractivity contribution in [3.63, 3.8) is 0 Å². The van der Waals surface area contributed by atoms with Gasteiger partial charge in [0.1, 0.15) is 6.04 Å². The highest BCUT2D eigenvalue weighted by molar-refractivity contribution is 5.96. The number of Topliss-reactive ketones (excluding diaryl/α,β-unsaturated/α-hetero) is 1. The number of ether oxygens (including phenoxy) is 1. The van der Waals surface area contributed by atoms with Crippen LogP contribution in [0.1, 0.15) is 50.9 Å². The van der Waals surface area contributed by atoms with Crippen molar-refractivity contribution >= 4 is 17.7 Å². The van der Waals surface area contributed by atoms with Crippen LogP contribution in [0.5, 0.6) is 0 Å². The maximum atomic E-state index is 12.5. The van der Waals surface area contributed by atoms with Crippen molar-refractivity contribution in [2.45, 2.75) is 46.6 Å². The minimum atomic E-state index is -0.758. The molecule has 24 heavy (non-hydrogen) atoms. The lowest BCUT2D eigenvalue weighted by molar-refractivity contribution is -0.147. The Kier molecular flexibility index (Phi) is 7.14. The van der Waals surface area contributed by atoms with E-state index < -0.39 is 17.4 Å². The van der Waals surface area contributed by atoms with Gasteiger partial charge in [-0.1, -0.05) is 58.0 Å². The van der Waals surface area contributed by atoms with Crippen molar-refractivity contribution in [1.29, 1.82) is 0 Å². The quantitative estimate of drug-likeness (QED) is 0.586. The highest BCUT2D eigenvalue weighted by Gasteiger charge is 2.33. The van der Waals surface area contributed by atoms with Gasteiger partial charge in [0, 0.05) is 17.4 Å². The Morgan fingerprint density at radius 3 is 2.21 bits per heavy atom. The Bertz CT molecular complexity index is 578. The lowest BCUT2D eigenvalue weighted by Crippen LogP contribution is -2.49. The van der Waals surface area contributed by atoms with E-state index in [0.29, 0.717) is 12.0 Å². The fourth-order valence-electron chi connectivity index (χ4n) is 2.27. The van der Waals surface area contributed by atoms with Crippen LogP contribution in [0.15, 0.2) is 30.3 Å². The minimum Gasteiger partial charge on any atom is -0.467 e. The molecule has 0 bridgehead atoms. The number of amides is 1. The summed E-state index contributed by atoms with van der Waals surface area (Å²) >= 11 is 0. The molecule has 5 heteroatoms. The van der Waals surface area contributed by atoms with E-state index in [4.69, 9.17) is 4.74 Å². The smallest absolute Gasteiger partial charge is 0.328 e. The van der Waals surface area contributed by atoms with Gasteiger partial charge in [0.15, 0.2) is 5.78 Å². The van der Waals surface area contributed by atoms with Gasteiger partial charge in [0.05, 0.1) is 7.11 Å². The van der Waals surface area contributed by atoms with Gasteiger partial charge in [-0.3, -0.25) is 9.59 Å². The molecule has 0 radical (unpaired) electrons. The number of rotatable bonds is 8. The van der Waals surface area contributed by atoms with Crippen LogP contribution in [-0.2, 0) is 14.3 Å². The highest BCUT2D eigenvalue weighted by Crippen LogP contribution is 2.24. The van der Waals surface area contributed by atoms with E-state index in [9.17, 15) is 14.4 Å². The molecule has 1 atom stereocenters. The van der Waals surface area contributed by atoms with Crippen LogP contribution < -0.4 is 5.32 Å². The average molecular weight is 333 g/mol. The number of benzene rings is 1. The predicted octanol–water partition coefficient (Wildman–Crippen LogP) is 2.99. The molecule has 0 heterocycles. The van der Waals surface area contributed by atoms with Crippen molar-refractivity contribution in [2.75, 3.05) is 7.11 Å². The first-order chi connectivity index (χ1) is 11.2. The van der Waals surface area contributed by atoms with Crippen LogP contribution in [0.3, 0.4) is 0 Å². The fraction of sp³-hybridized carbons (Fsp3) is 0.526. The summed E-state index contributed by atoms with van der Waals surface area (Å²) in [5.74, 6) is -0.796. The minimum absolute atomic E-state index is 0.00449. The number of nitrogens with one attached hydrogen (secondary N) is 1. The van der Waals surface area contributed by atoms with E-state index in [1.165, 1.54) is 7.11 Å². The summed E-state index contributed by atoms with van der Waals surface area (Å²) in [6.07, 6.45) is 0.674. The van der Waals surface area contributed by atoms with Crippen LogP contribution in [0.2, 0.25) is 0 Å². The molecule has 5 nitrogen and oxygen atoms in total. The summed E-state index contributed by atoms with van der Waals surface area (Å²) in [7, 11) is 1.30. The van der Waals surface area contributed by atoms with Gasteiger partial charge < -0.3 is 10.1 Å². The Morgan fingerprint density at radius 1 is 1.12 bits per heavy atom. The molecule has 0 saturated carbocycles. The third kappa shape index (κ3) is 5.48. The van der Waals surface area contributed by atoms with Crippen molar-refractivity contribution in [2.24, 2.45) is 11.3 Å². The maximum absolute atomic E-state index is 12.5. The number of ketones is 1. The topological polar surface area (TPSA) is 72.5 Å². The number of hydrogen-bond acceptors (Lipinski definition) is 4. The van der Waals surface area contributed by atoms with Crippen molar-refractivity contribution in [3.05, 3.63) is 35.9 Å². The van der Waals surface area contributed by atoms with Crippen LogP contribution >= 0.6 is 0 Å². The molecular formula is C19H27NO4. The molecule has 0 aromatic heterocycles. The lowest BCUT2D eigenvalue weighted by atomic mass is 9.84. The van der Waals surface area contributed by atoms with Gasteiger partial charge in [0.25, 0.3) is 0 Å². The number of carbonyl (C=O) groups is 3. The Hall–Kier alpha value is -2.17. The van der Waals surface area contributed by atoms with Crippen molar-refractivity contribution < 1.29 is 19.1 Å². The molecule has 1 amide bonds. The van der Waals surface area contributed by atoms with E-state index in [0.717, 1.165) is 0 Å². The second-order valence-electron chi connectivity index (χ2n) is 6.89. The normalized spacial score (nSPS) is 12.6. The summed E-state index contributed by atoms with van der Waals surface area (Å²) in [6.45, 7) is 7.23. The molecule has 1 unspecified atom stereocenters. The van der Waals surface area contributed by atoms with Crippen molar-refractivity contribution in [1.82, 2.24) is 5.32 Å². The summed E-state index contributed by atoms with van der Waals surface area (Å²) in [5.41, 5.74) is -0.116. The van der Waals surface area contributed by atoms with Gasteiger partial charge in [-0.15, -0.1) is 0 Å². The number of esters is 1. The second-order valence-corrected chi connectivity index (χ2v) is 6.89. The van der Waals surface area contributed by atoms with Crippen molar-refractivity contribution in [3.8, 4) is 0 Å². The fourth-order valence-corrected chi connectivity index (χ4v) is 2.27. The third-order valence-corrected chi connectivity index (χ3v) is 4.10. The Balaban J connectivity index is 2.68. The zero-order valence-corrected chi connectivity index (χ0v) is 15.1.